The largest absolute Gasteiger partial charge is 0.460 e. The molecule has 0 aliphatic heterocycles. The molecule has 1 N–H and O–H groups in total. The first-order valence-electron chi connectivity index (χ1n) is 5.08. The highest BCUT2D eigenvalue weighted by Gasteiger charge is 2.06. The number of rotatable bonds is 5. The van der Waals surface area contributed by atoms with E-state index in [1.165, 1.54) is 11.3 Å². The SMILES string of the molecule is O=C(OCCNc1ncccn1)c1cccs1. The number of ether oxygens (including phenoxy) is 1. The summed E-state index contributed by atoms with van der Waals surface area (Å²) in [4.78, 5) is 20.0. The number of carbonyl (C=O) groups excluding carboxylic acids is 1. The minimum absolute atomic E-state index is 0.287. The molecule has 0 aromatic carbocycles. The van der Waals surface area contributed by atoms with Gasteiger partial charge in [-0.3, -0.25) is 0 Å². The number of hydrogen-bond acceptors (Lipinski definition) is 6. The van der Waals surface area contributed by atoms with Gasteiger partial charge in [-0.1, -0.05) is 6.07 Å². The third-order valence-electron chi connectivity index (χ3n) is 1.91. The summed E-state index contributed by atoms with van der Waals surface area (Å²) in [6.07, 6.45) is 3.29. The number of esters is 1. The molecule has 0 atom stereocenters. The van der Waals surface area contributed by atoms with Crippen molar-refractivity contribution in [1.29, 1.82) is 0 Å². The average molecular weight is 249 g/mol. The molecular formula is C11H11N3O2S. The van der Waals surface area contributed by atoms with Crippen molar-refractivity contribution in [2.45, 2.75) is 0 Å². The molecule has 0 saturated carbocycles. The smallest absolute Gasteiger partial charge is 0.348 e. The first-order chi connectivity index (χ1) is 8.36. The summed E-state index contributed by atoms with van der Waals surface area (Å²) in [6, 6.07) is 5.29. The van der Waals surface area contributed by atoms with E-state index >= 15 is 0 Å². The Bertz CT molecular complexity index is 459. The van der Waals surface area contributed by atoms with Crippen LogP contribution in [0, 0.1) is 0 Å². The number of nitrogens with one attached hydrogen (secondary N) is 1. The summed E-state index contributed by atoms with van der Waals surface area (Å²) < 4.78 is 5.06. The number of aromatic nitrogens is 2. The van der Waals surface area contributed by atoms with Gasteiger partial charge in [-0.05, 0) is 17.5 Å². The van der Waals surface area contributed by atoms with Gasteiger partial charge in [-0.15, -0.1) is 11.3 Å². The Balaban J connectivity index is 1.69. The van der Waals surface area contributed by atoms with Crippen LogP contribution in [-0.4, -0.2) is 29.1 Å². The van der Waals surface area contributed by atoms with Crippen molar-refractivity contribution in [2.24, 2.45) is 0 Å². The number of hydrogen-bond donors (Lipinski definition) is 1. The molecule has 0 bridgehead atoms. The highest BCUT2D eigenvalue weighted by molar-refractivity contribution is 7.11. The molecule has 0 unspecified atom stereocenters. The van der Waals surface area contributed by atoms with Gasteiger partial charge < -0.3 is 10.1 Å². The average Bonchev–Trinajstić information content (AvgIpc) is 2.89. The van der Waals surface area contributed by atoms with Crippen molar-refractivity contribution in [2.75, 3.05) is 18.5 Å². The molecule has 5 nitrogen and oxygen atoms in total. The van der Waals surface area contributed by atoms with Crippen LogP contribution in [0.5, 0.6) is 0 Å². The lowest BCUT2D eigenvalue weighted by Gasteiger charge is -2.04. The van der Waals surface area contributed by atoms with Gasteiger partial charge in [0.1, 0.15) is 11.5 Å². The summed E-state index contributed by atoms with van der Waals surface area (Å²) in [5.41, 5.74) is 0. The second kappa shape index (κ2) is 5.95. The Morgan fingerprint density at radius 2 is 2.18 bits per heavy atom. The molecule has 0 amide bonds. The van der Waals surface area contributed by atoms with E-state index in [-0.39, 0.29) is 12.6 Å². The van der Waals surface area contributed by atoms with Crippen molar-refractivity contribution in [3.8, 4) is 0 Å². The van der Waals surface area contributed by atoms with Gasteiger partial charge in [-0.2, -0.15) is 0 Å². The van der Waals surface area contributed by atoms with Crippen molar-refractivity contribution in [3.05, 3.63) is 40.8 Å². The van der Waals surface area contributed by atoms with Crippen molar-refractivity contribution < 1.29 is 9.53 Å². The fourth-order valence-electron chi connectivity index (χ4n) is 1.16. The summed E-state index contributed by atoms with van der Waals surface area (Å²) in [5.74, 6) is 0.232. The molecule has 0 aliphatic rings. The van der Waals surface area contributed by atoms with Crippen molar-refractivity contribution >= 4 is 23.3 Å². The van der Waals surface area contributed by atoms with E-state index in [0.717, 1.165) is 0 Å². The number of nitrogens with zero attached hydrogens (tertiary/aromatic N) is 2. The number of thiophene rings is 1. The monoisotopic (exact) mass is 249 g/mol. The van der Waals surface area contributed by atoms with Crippen LogP contribution >= 0.6 is 11.3 Å². The van der Waals surface area contributed by atoms with Crippen LogP contribution in [0.15, 0.2) is 36.0 Å². The van der Waals surface area contributed by atoms with Crippen LogP contribution in [0.3, 0.4) is 0 Å². The first-order valence-corrected chi connectivity index (χ1v) is 5.96. The summed E-state index contributed by atoms with van der Waals surface area (Å²) in [5, 5.41) is 4.79. The molecule has 6 heteroatoms. The Morgan fingerprint density at radius 3 is 2.88 bits per heavy atom. The van der Waals surface area contributed by atoms with Crippen LogP contribution < -0.4 is 5.32 Å². The fraction of sp³-hybridized carbons (Fsp3) is 0.182. The van der Waals surface area contributed by atoms with Crippen LogP contribution in [0.2, 0.25) is 0 Å². The van der Waals surface area contributed by atoms with Crippen LogP contribution in [-0.2, 0) is 4.74 Å². The van der Waals surface area contributed by atoms with E-state index < -0.39 is 0 Å². The maximum absolute atomic E-state index is 11.4. The lowest BCUT2D eigenvalue weighted by molar-refractivity contribution is 0.0526. The second-order valence-electron chi connectivity index (χ2n) is 3.11. The van der Waals surface area contributed by atoms with Gasteiger partial charge in [-0.25, -0.2) is 14.8 Å². The van der Waals surface area contributed by atoms with E-state index in [4.69, 9.17) is 4.74 Å². The molecule has 88 valence electrons. The standard InChI is InChI=1S/C11H11N3O2S/c15-10(9-3-1-8-17-9)16-7-6-14-11-12-4-2-5-13-11/h1-5,8H,6-7H2,(H,12,13,14). The molecule has 0 aliphatic carbocycles. The third-order valence-corrected chi connectivity index (χ3v) is 2.76. The Morgan fingerprint density at radius 1 is 1.35 bits per heavy atom. The first kappa shape index (κ1) is 11.5. The van der Waals surface area contributed by atoms with E-state index in [2.05, 4.69) is 15.3 Å². The lowest BCUT2D eigenvalue weighted by Crippen LogP contribution is -2.14. The molecule has 0 saturated heterocycles. The molecular weight excluding hydrogens is 238 g/mol. The molecule has 2 aromatic rings. The normalized spacial score (nSPS) is 9.88. The second-order valence-corrected chi connectivity index (χ2v) is 4.06. The zero-order chi connectivity index (χ0) is 11.9. The van der Waals surface area contributed by atoms with Gasteiger partial charge >= 0.3 is 5.97 Å². The van der Waals surface area contributed by atoms with Crippen LogP contribution in [0.25, 0.3) is 0 Å². The zero-order valence-electron chi connectivity index (χ0n) is 9.00. The molecule has 2 rings (SSSR count). The van der Waals surface area contributed by atoms with E-state index in [1.54, 1.807) is 24.5 Å². The highest BCUT2D eigenvalue weighted by atomic mass is 32.1. The van der Waals surface area contributed by atoms with Crippen molar-refractivity contribution in [1.82, 2.24) is 9.97 Å². The molecule has 0 radical (unpaired) electrons. The molecule has 0 spiro atoms. The van der Waals surface area contributed by atoms with Gasteiger partial charge in [0.25, 0.3) is 0 Å². The van der Waals surface area contributed by atoms with Gasteiger partial charge in [0, 0.05) is 12.4 Å². The number of anilines is 1. The lowest BCUT2D eigenvalue weighted by atomic mass is 10.5. The third kappa shape index (κ3) is 3.53. The van der Waals surface area contributed by atoms with Gasteiger partial charge in [0.05, 0.1) is 6.54 Å². The Kier molecular flexibility index (Phi) is 4.04. The molecule has 2 heterocycles. The number of carbonyl (C=O) groups is 1. The predicted octanol–water partition coefficient (Wildman–Crippen LogP) is 1.81. The van der Waals surface area contributed by atoms with E-state index in [1.807, 2.05) is 11.4 Å². The molecule has 0 fully saturated rings. The topological polar surface area (TPSA) is 64.1 Å². The quantitative estimate of drug-likeness (QED) is 0.646. The maximum atomic E-state index is 11.4. The van der Waals surface area contributed by atoms with Gasteiger partial charge in [0.15, 0.2) is 0 Å². The summed E-state index contributed by atoms with van der Waals surface area (Å²) >= 11 is 1.37. The zero-order valence-corrected chi connectivity index (χ0v) is 9.81. The summed E-state index contributed by atoms with van der Waals surface area (Å²) in [6.45, 7) is 0.774. The van der Waals surface area contributed by atoms with Crippen molar-refractivity contribution in [3.63, 3.8) is 0 Å². The molecule has 17 heavy (non-hydrogen) atoms. The Hall–Kier alpha value is -1.95. The minimum atomic E-state index is -0.296. The highest BCUT2D eigenvalue weighted by Crippen LogP contribution is 2.09. The maximum Gasteiger partial charge on any atom is 0.348 e. The Labute approximate surface area is 102 Å². The van der Waals surface area contributed by atoms with Crippen LogP contribution in [0.1, 0.15) is 9.67 Å². The van der Waals surface area contributed by atoms with Crippen LogP contribution in [0.4, 0.5) is 5.95 Å². The predicted molar refractivity (Wildman–Crippen MR) is 65.1 cm³/mol. The fourth-order valence-corrected chi connectivity index (χ4v) is 1.78. The van der Waals surface area contributed by atoms with E-state index in [0.29, 0.717) is 17.4 Å². The van der Waals surface area contributed by atoms with Gasteiger partial charge in [0.2, 0.25) is 5.95 Å². The minimum Gasteiger partial charge on any atom is -0.460 e. The van der Waals surface area contributed by atoms with E-state index in [9.17, 15) is 4.79 Å². The summed E-state index contributed by atoms with van der Waals surface area (Å²) in [7, 11) is 0. The molecule has 2 aromatic heterocycles.